The van der Waals surface area contributed by atoms with E-state index in [1.807, 2.05) is 0 Å². The summed E-state index contributed by atoms with van der Waals surface area (Å²) in [7, 11) is 0. The van der Waals surface area contributed by atoms with E-state index in [1.165, 1.54) is 44.9 Å². The highest BCUT2D eigenvalue weighted by Gasteiger charge is 2.16. The largest absolute Gasteiger partial charge is 0.0654 e. The predicted octanol–water partition coefficient (Wildman–Crippen LogP) is 3.82. The molecule has 0 atom stereocenters. The Hall–Kier alpha value is 0. The molecule has 1 radical (unpaired) electrons. The van der Waals surface area contributed by atoms with Gasteiger partial charge in [0.15, 0.2) is 0 Å². The van der Waals surface area contributed by atoms with Gasteiger partial charge in [0.2, 0.25) is 0 Å². The maximum atomic E-state index is 4.11. The molecule has 1 fully saturated rings. The summed E-state index contributed by atoms with van der Waals surface area (Å²) in [5.74, 6) is 1.82. The molecule has 0 amide bonds. The molecule has 0 aromatic rings. The van der Waals surface area contributed by atoms with Gasteiger partial charge in [-0.15, -0.1) is 0 Å². The van der Waals surface area contributed by atoms with Crippen molar-refractivity contribution in [2.24, 2.45) is 11.8 Å². The second-order valence-corrected chi connectivity index (χ2v) is 4.03. The molecule has 0 bridgehead atoms. The van der Waals surface area contributed by atoms with Crippen LogP contribution in [0.25, 0.3) is 0 Å². The third-order valence-electron chi connectivity index (χ3n) is 2.93. The van der Waals surface area contributed by atoms with Crippen molar-refractivity contribution < 1.29 is 0 Å². The van der Waals surface area contributed by atoms with Crippen molar-refractivity contribution in [2.45, 2.75) is 51.9 Å². The van der Waals surface area contributed by atoms with E-state index in [0.717, 1.165) is 11.8 Å². The van der Waals surface area contributed by atoms with Crippen molar-refractivity contribution in [3.63, 3.8) is 0 Å². The summed E-state index contributed by atoms with van der Waals surface area (Å²) >= 11 is 0. The van der Waals surface area contributed by atoms with Crippen LogP contribution in [0.1, 0.15) is 51.9 Å². The van der Waals surface area contributed by atoms with Gasteiger partial charge < -0.3 is 0 Å². The zero-order chi connectivity index (χ0) is 8.10. The fraction of sp³-hybridized carbons (Fsp3) is 0.909. The highest BCUT2D eigenvalue weighted by atomic mass is 14.2. The van der Waals surface area contributed by atoms with Crippen molar-refractivity contribution >= 4 is 0 Å². The van der Waals surface area contributed by atoms with Gasteiger partial charge in [-0.1, -0.05) is 58.8 Å². The fourth-order valence-electron chi connectivity index (χ4n) is 2.01. The first-order valence-corrected chi connectivity index (χ1v) is 5.16. The summed E-state index contributed by atoms with van der Waals surface area (Å²) in [6.45, 7) is 6.40. The molecule has 0 aromatic heterocycles. The van der Waals surface area contributed by atoms with E-state index in [9.17, 15) is 0 Å². The Balaban J connectivity index is 2.07. The molecule has 0 heteroatoms. The standard InChI is InChI=1S/C11H21/c1-3-4-5-11-8-6-10(2)7-9-11/h10-11H,2-9H2,1H3. The summed E-state index contributed by atoms with van der Waals surface area (Å²) in [6.07, 6.45) is 9.95. The molecule has 11 heavy (non-hydrogen) atoms. The minimum Gasteiger partial charge on any atom is -0.0654 e. The Kier molecular flexibility index (Phi) is 3.96. The molecule has 1 aliphatic rings. The normalized spacial score (nSPS) is 32.2. The lowest BCUT2D eigenvalue weighted by Gasteiger charge is -2.25. The Morgan fingerprint density at radius 3 is 2.36 bits per heavy atom. The predicted molar refractivity (Wildman–Crippen MR) is 50.3 cm³/mol. The topological polar surface area (TPSA) is 0 Å². The maximum Gasteiger partial charge on any atom is -0.0414 e. The first-order valence-electron chi connectivity index (χ1n) is 5.16. The number of hydrogen-bond acceptors (Lipinski definition) is 0. The number of rotatable bonds is 3. The van der Waals surface area contributed by atoms with Gasteiger partial charge >= 0.3 is 0 Å². The van der Waals surface area contributed by atoms with Gasteiger partial charge in [-0.25, -0.2) is 0 Å². The van der Waals surface area contributed by atoms with Crippen LogP contribution in [0.4, 0.5) is 0 Å². The Labute approximate surface area is 71.4 Å². The number of hydrogen-bond donors (Lipinski definition) is 0. The average molecular weight is 153 g/mol. The molecule has 1 aliphatic carbocycles. The fourth-order valence-corrected chi connectivity index (χ4v) is 2.01. The lowest BCUT2D eigenvalue weighted by molar-refractivity contribution is 0.289. The van der Waals surface area contributed by atoms with E-state index < -0.39 is 0 Å². The van der Waals surface area contributed by atoms with Crippen molar-refractivity contribution in [3.05, 3.63) is 6.92 Å². The Bertz CT molecular complexity index is 85.5. The third kappa shape index (κ3) is 3.27. The van der Waals surface area contributed by atoms with E-state index >= 15 is 0 Å². The van der Waals surface area contributed by atoms with E-state index in [-0.39, 0.29) is 0 Å². The number of unbranched alkanes of at least 4 members (excludes halogenated alkanes) is 1. The average Bonchev–Trinajstić information content (AvgIpc) is 2.04. The zero-order valence-corrected chi connectivity index (χ0v) is 7.81. The lowest BCUT2D eigenvalue weighted by Crippen LogP contribution is -2.12. The van der Waals surface area contributed by atoms with Crippen molar-refractivity contribution in [1.29, 1.82) is 0 Å². The van der Waals surface area contributed by atoms with Gasteiger partial charge in [0, 0.05) is 0 Å². The van der Waals surface area contributed by atoms with Crippen molar-refractivity contribution in [3.8, 4) is 0 Å². The van der Waals surface area contributed by atoms with Gasteiger partial charge in [-0.05, 0) is 11.8 Å². The first-order chi connectivity index (χ1) is 5.33. The quantitative estimate of drug-likeness (QED) is 0.578. The molecule has 1 saturated carbocycles. The molecule has 65 valence electrons. The molecular weight excluding hydrogens is 132 g/mol. The van der Waals surface area contributed by atoms with Crippen molar-refractivity contribution in [2.75, 3.05) is 0 Å². The second-order valence-electron chi connectivity index (χ2n) is 4.03. The van der Waals surface area contributed by atoms with Crippen LogP contribution in [0.15, 0.2) is 0 Å². The zero-order valence-electron chi connectivity index (χ0n) is 7.81. The van der Waals surface area contributed by atoms with Crippen LogP contribution >= 0.6 is 0 Å². The van der Waals surface area contributed by atoms with Crippen LogP contribution in [0.2, 0.25) is 0 Å². The monoisotopic (exact) mass is 153 g/mol. The highest BCUT2D eigenvalue weighted by molar-refractivity contribution is 4.73. The third-order valence-corrected chi connectivity index (χ3v) is 2.93. The molecule has 0 heterocycles. The molecule has 1 rings (SSSR count). The summed E-state index contributed by atoms with van der Waals surface area (Å²) in [6, 6.07) is 0. The van der Waals surface area contributed by atoms with Crippen LogP contribution < -0.4 is 0 Å². The second kappa shape index (κ2) is 4.79. The molecule has 0 spiro atoms. The molecule has 0 aromatic carbocycles. The molecule has 0 N–H and O–H groups in total. The van der Waals surface area contributed by atoms with Crippen molar-refractivity contribution in [1.82, 2.24) is 0 Å². The Morgan fingerprint density at radius 1 is 1.18 bits per heavy atom. The first kappa shape index (κ1) is 9.09. The van der Waals surface area contributed by atoms with Gasteiger partial charge in [0.25, 0.3) is 0 Å². The van der Waals surface area contributed by atoms with Crippen LogP contribution in [0.3, 0.4) is 0 Å². The van der Waals surface area contributed by atoms with Gasteiger partial charge in [0.1, 0.15) is 0 Å². The minimum absolute atomic E-state index is 0.771. The van der Waals surface area contributed by atoms with Crippen LogP contribution in [0.5, 0.6) is 0 Å². The van der Waals surface area contributed by atoms with E-state index in [0.29, 0.717) is 0 Å². The minimum atomic E-state index is 0.771. The van der Waals surface area contributed by atoms with Gasteiger partial charge in [-0.3, -0.25) is 0 Å². The van der Waals surface area contributed by atoms with Gasteiger partial charge in [0.05, 0.1) is 0 Å². The van der Waals surface area contributed by atoms with Gasteiger partial charge in [-0.2, -0.15) is 0 Å². The molecule has 0 nitrogen and oxygen atoms in total. The van der Waals surface area contributed by atoms with E-state index in [4.69, 9.17) is 0 Å². The highest BCUT2D eigenvalue weighted by Crippen LogP contribution is 2.30. The van der Waals surface area contributed by atoms with E-state index in [2.05, 4.69) is 13.8 Å². The molecule has 0 aliphatic heterocycles. The van der Waals surface area contributed by atoms with Crippen LogP contribution in [-0.2, 0) is 0 Å². The molecule has 0 saturated heterocycles. The smallest absolute Gasteiger partial charge is 0.0414 e. The van der Waals surface area contributed by atoms with E-state index in [1.54, 1.807) is 0 Å². The van der Waals surface area contributed by atoms with Crippen LogP contribution in [-0.4, -0.2) is 0 Å². The summed E-state index contributed by atoms with van der Waals surface area (Å²) in [4.78, 5) is 0. The Morgan fingerprint density at radius 2 is 1.82 bits per heavy atom. The lowest BCUT2D eigenvalue weighted by atomic mass is 9.81. The maximum absolute atomic E-state index is 4.11. The summed E-state index contributed by atoms with van der Waals surface area (Å²) < 4.78 is 0. The molecular formula is C11H21. The van der Waals surface area contributed by atoms with Crippen LogP contribution in [0, 0.1) is 18.8 Å². The summed E-state index contributed by atoms with van der Waals surface area (Å²) in [5.41, 5.74) is 0. The SMILES string of the molecule is [CH2]C1CCC(CCCC)CC1. The molecule has 0 unspecified atom stereocenters. The summed E-state index contributed by atoms with van der Waals surface area (Å²) in [5, 5.41) is 0.